The first-order valence-corrected chi connectivity index (χ1v) is 37.6. The standard InChI is InChI=1S/C74H139N2O7P/c1-7-10-13-16-19-22-25-28-30-32-34-35-36-37-38-39-40-41-43-45-47-49-52-55-58-61-64-67-74(78)83-72(65-62-59-56-53-50-27-24-21-18-15-12-9-3)71(70-82-84(79,80)81-69-68-76(4,5)6)75-73(77)66-63-60-57-54-51-48-46-44-42-33-31-29-26-23-20-17-14-11-8-2/h20,23,29,31,42,44,48,51,62,65,71-72H,7-19,21-22,24-28,30,32-41,43,45-47,49-50,52-61,63-64,66-70H2,1-6H3,(H-,75,77,79,80)/p+1/b23-20-,31-29-,44-42-,51-48-,65-62-. The van der Waals surface area contributed by atoms with Gasteiger partial charge in [-0.1, -0.05) is 319 Å². The number of phosphoric ester groups is 1. The molecule has 10 heteroatoms. The zero-order valence-electron chi connectivity index (χ0n) is 56.4. The zero-order valence-corrected chi connectivity index (χ0v) is 57.3. The highest BCUT2D eigenvalue weighted by atomic mass is 31.2. The number of phosphoric acid groups is 1. The van der Waals surface area contributed by atoms with Gasteiger partial charge in [0.2, 0.25) is 5.91 Å². The molecule has 0 saturated carbocycles. The molecule has 0 rings (SSSR count). The molecule has 0 bridgehead atoms. The third-order valence-electron chi connectivity index (χ3n) is 16.2. The van der Waals surface area contributed by atoms with Crippen LogP contribution in [0.5, 0.6) is 0 Å². The van der Waals surface area contributed by atoms with Crippen molar-refractivity contribution in [1.29, 1.82) is 0 Å². The van der Waals surface area contributed by atoms with Crippen LogP contribution in [-0.2, 0) is 27.9 Å². The van der Waals surface area contributed by atoms with Crippen molar-refractivity contribution in [2.24, 2.45) is 0 Å². The Morgan fingerprint density at radius 2 is 0.726 bits per heavy atom. The molecular weight excluding hydrogens is 1060 g/mol. The van der Waals surface area contributed by atoms with Crippen LogP contribution >= 0.6 is 7.82 Å². The molecule has 0 heterocycles. The normalized spacial score (nSPS) is 13.8. The molecule has 9 nitrogen and oxygen atoms in total. The predicted octanol–water partition coefficient (Wildman–Crippen LogP) is 23.0. The summed E-state index contributed by atoms with van der Waals surface area (Å²) in [6, 6.07) is -0.865. The van der Waals surface area contributed by atoms with Gasteiger partial charge in [0, 0.05) is 12.8 Å². The van der Waals surface area contributed by atoms with Crippen molar-refractivity contribution in [2.45, 2.75) is 360 Å². The Kier molecular flexibility index (Phi) is 62.0. The van der Waals surface area contributed by atoms with Gasteiger partial charge in [0.05, 0.1) is 33.8 Å². The number of allylic oxidation sites excluding steroid dienone is 9. The molecule has 0 spiro atoms. The van der Waals surface area contributed by atoms with E-state index < -0.39 is 20.0 Å². The number of carbonyl (C=O) groups excluding carboxylic acids is 2. The van der Waals surface area contributed by atoms with Gasteiger partial charge in [0.25, 0.3) is 0 Å². The molecule has 3 unspecified atom stereocenters. The quantitative estimate of drug-likeness (QED) is 0.0205. The summed E-state index contributed by atoms with van der Waals surface area (Å²) in [4.78, 5) is 37.9. The van der Waals surface area contributed by atoms with Crippen molar-refractivity contribution >= 4 is 19.7 Å². The van der Waals surface area contributed by atoms with Crippen LogP contribution in [0.1, 0.15) is 348 Å². The molecule has 0 radical (unpaired) electrons. The summed E-state index contributed by atoms with van der Waals surface area (Å²) in [5, 5.41) is 3.05. The van der Waals surface area contributed by atoms with Crippen LogP contribution in [-0.4, -0.2) is 74.3 Å². The number of unbranched alkanes of at least 4 members (excludes halogenated alkanes) is 42. The topological polar surface area (TPSA) is 111 Å². The highest BCUT2D eigenvalue weighted by Gasteiger charge is 2.30. The Balaban J connectivity index is 5.03. The zero-order chi connectivity index (χ0) is 61.4. The Morgan fingerprint density at radius 1 is 0.417 bits per heavy atom. The summed E-state index contributed by atoms with van der Waals surface area (Å²) >= 11 is 0. The van der Waals surface area contributed by atoms with Crippen molar-refractivity contribution in [3.63, 3.8) is 0 Å². The van der Waals surface area contributed by atoms with E-state index in [0.717, 1.165) is 77.0 Å². The monoisotopic (exact) mass is 1200 g/mol. The van der Waals surface area contributed by atoms with Crippen molar-refractivity contribution in [3.05, 3.63) is 60.8 Å². The van der Waals surface area contributed by atoms with Crippen LogP contribution in [0.2, 0.25) is 0 Å². The second-order valence-electron chi connectivity index (χ2n) is 25.8. The molecule has 1 amide bonds. The smallest absolute Gasteiger partial charge is 0.456 e. The van der Waals surface area contributed by atoms with Gasteiger partial charge in [0.15, 0.2) is 0 Å². The van der Waals surface area contributed by atoms with Crippen LogP contribution < -0.4 is 5.32 Å². The maximum absolute atomic E-state index is 13.6. The summed E-state index contributed by atoms with van der Waals surface area (Å²) < 4.78 is 30.8. The first-order chi connectivity index (χ1) is 40.9. The largest absolute Gasteiger partial charge is 0.472 e. The molecule has 0 aliphatic rings. The number of esters is 1. The second-order valence-corrected chi connectivity index (χ2v) is 27.2. The van der Waals surface area contributed by atoms with E-state index in [-0.39, 0.29) is 31.5 Å². The van der Waals surface area contributed by atoms with E-state index in [2.05, 4.69) is 74.7 Å². The molecule has 0 aromatic rings. The fourth-order valence-electron chi connectivity index (χ4n) is 10.6. The predicted molar refractivity (Wildman–Crippen MR) is 365 cm³/mol. The molecular formula is C74H140N2O7P+. The first-order valence-electron chi connectivity index (χ1n) is 36.1. The van der Waals surface area contributed by atoms with E-state index >= 15 is 0 Å². The number of likely N-dealkylation sites (N-methyl/N-ethyl adjacent to an activating group) is 1. The number of hydrogen-bond acceptors (Lipinski definition) is 6. The van der Waals surface area contributed by atoms with Crippen molar-refractivity contribution in [3.8, 4) is 0 Å². The van der Waals surface area contributed by atoms with E-state index in [1.165, 1.54) is 231 Å². The fraction of sp³-hybridized carbons (Fsp3) is 0.838. The average molecular weight is 1200 g/mol. The van der Waals surface area contributed by atoms with Gasteiger partial charge in [-0.15, -0.1) is 0 Å². The molecule has 84 heavy (non-hydrogen) atoms. The Bertz CT molecular complexity index is 1620. The minimum absolute atomic E-state index is 0.0339. The highest BCUT2D eigenvalue weighted by Crippen LogP contribution is 2.43. The van der Waals surface area contributed by atoms with Gasteiger partial charge in [-0.05, 0) is 76.7 Å². The van der Waals surface area contributed by atoms with Crippen LogP contribution in [0.25, 0.3) is 0 Å². The molecule has 0 aromatic heterocycles. The molecule has 0 saturated heterocycles. The van der Waals surface area contributed by atoms with Crippen LogP contribution in [0, 0.1) is 0 Å². The lowest BCUT2D eigenvalue weighted by atomic mass is 10.0. The van der Waals surface area contributed by atoms with Crippen molar-refractivity contribution in [2.75, 3.05) is 40.9 Å². The molecule has 2 N–H and O–H groups in total. The number of carbonyl (C=O) groups is 2. The van der Waals surface area contributed by atoms with Gasteiger partial charge in [-0.2, -0.15) is 0 Å². The molecule has 0 aromatic carbocycles. The summed E-state index contributed by atoms with van der Waals surface area (Å²) in [6.45, 7) is 7.00. The SMILES string of the molecule is CCCCC/C=C\C/C=C\C/C=C\C/C=C\CCCCCC(=O)NC(COP(=O)(O)OCC[N+](C)(C)C)C(/C=C\CCCCCCCCCCCC)OC(=O)CCCCCCCCCCCCCCCCCCCCCCCCCCCCC. The lowest BCUT2D eigenvalue weighted by Crippen LogP contribution is -2.47. The second kappa shape index (κ2) is 63.7. The molecule has 3 atom stereocenters. The average Bonchev–Trinajstić information content (AvgIpc) is 3.64. The van der Waals surface area contributed by atoms with E-state index in [4.69, 9.17) is 13.8 Å². The lowest BCUT2D eigenvalue weighted by molar-refractivity contribution is -0.870. The summed E-state index contributed by atoms with van der Waals surface area (Å²) in [5.41, 5.74) is 0. The Hall–Kier alpha value is -2.29. The third-order valence-corrected chi connectivity index (χ3v) is 17.2. The maximum atomic E-state index is 13.6. The van der Waals surface area contributed by atoms with E-state index in [1.54, 1.807) is 0 Å². The summed E-state index contributed by atoms with van der Waals surface area (Å²) in [6.07, 6.45) is 82.5. The number of rotatable bonds is 66. The minimum atomic E-state index is -4.46. The van der Waals surface area contributed by atoms with E-state index in [0.29, 0.717) is 23.9 Å². The molecule has 0 fully saturated rings. The summed E-state index contributed by atoms with van der Waals surface area (Å²) in [5.74, 6) is -0.527. The number of ether oxygens (including phenoxy) is 1. The Labute approximate surface area is 521 Å². The van der Waals surface area contributed by atoms with Gasteiger partial charge in [-0.25, -0.2) is 4.57 Å². The van der Waals surface area contributed by atoms with E-state index in [1.807, 2.05) is 33.3 Å². The number of amides is 1. The molecule has 0 aliphatic heterocycles. The maximum Gasteiger partial charge on any atom is 0.472 e. The van der Waals surface area contributed by atoms with Crippen LogP contribution in [0.4, 0.5) is 0 Å². The number of nitrogens with zero attached hydrogens (tertiary/aromatic N) is 1. The number of nitrogens with one attached hydrogen (secondary N) is 1. The van der Waals surface area contributed by atoms with Gasteiger partial charge < -0.3 is 19.4 Å². The Morgan fingerprint density at radius 3 is 1.12 bits per heavy atom. The van der Waals surface area contributed by atoms with Gasteiger partial charge >= 0.3 is 13.8 Å². The fourth-order valence-corrected chi connectivity index (χ4v) is 11.4. The number of hydrogen-bond donors (Lipinski definition) is 2. The van der Waals surface area contributed by atoms with Gasteiger partial charge in [-0.3, -0.25) is 18.6 Å². The van der Waals surface area contributed by atoms with E-state index in [9.17, 15) is 19.0 Å². The highest BCUT2D eigenvalue weighted by molar-refractivity contribution is 7.47. The first kappa shape index (κ1) is 81.7. The summed E-state index contributed by atoms with van der Waals surface area (Å²) in [7, 11) is 1.48. The third kappa shape index (κ3) is 64.2. The minimum Gasteiger partial charge on any atom is -0.456 e. The molecule has 492 valence electrons. The lowest BCUT2D eigenvalue weighted by Gasteiger charge is -2.27. The van der Waals surface area contributed by atoms with Crippen LogP contribution in [0.15, 0.2) is 60.8 Å². The van der Waals surface area contributed by atoms with Gasteiger partial charge in [0.1, 0.15) is 19.3 Å². The van der Waals surface area contributed by atoms with Crippen molar-refractivity contribution < 1.29 is 37.3 Å². The number of quaternary nitrogens is 1. The molecule has 0 aliphatic carbocycles. The van der Waals surface area contributed by atoms with Crippen LogP contribution in [0.3, 0.4) is 0 Å². The van der Waals surface area contributed by atoms with Crippen molar-refractivity contribution in [1.82, 2.24) is 5.32 Å².